The van der Waals surface area contributed by atoms with Crippen molar-refractivity contribution in [1.82, 2.24) is 23.7 Å². The smallest absolute Gasteiger partial charge is 0.281 e. The van der Waals surface area contributed by atoms with E-state index in [2.05, 4.69) is 9.97 Å². The molecule has 0 radical (unpaired) electrons. The van der Waals surface area contributed by atoms with Gasteiger partial charge < -0.3 is 4.57 Å². The van der Waals surface area contributed by atoms with Gasteiger partial charge in [-0.1, -0.05) is 0 Å². The van der Waals surface area contributed by atoms with Gasteiger partial charge in [0, 0.05) is 30.2 Å². The average Bonchev–Trinajstić information content (AvgIpc) is 3.22. The third-order valence-corrected chi connectivity index (χ3v) is 6.34. The second-order valence-corrected chi connectivity index (χ2v) is 8.14. The predicted molar refractivity (Wildman–Crippen MR) is 89.3 cm³/mol. The number of thiazole rings is 1. The molecule has 130 valence electrons. The fourth-order valence-electron chi connectivity index (χ4n) is 2.85. The molecule has 3 aromatic rings. The van der Waals surface area contributed by atoms with Gasteiger partial charge in [-0.15, -0.1) is 11.3 Å². The van der Waals surface area contributed by atoms with Crippen molar-refractivity contribution in [2.24, 2.45) is 0 Å². The van der Waals surface area contributed by atoms with Crippen molar-refractivity contribution in [2.75, 3.05) is 0 Å². The number of nitrogens with one attached hydrogen (secondary N) is 1. The summed E-state index contributed by atoms with van der Waals surface area (Å²) in [5.41, 5.74) is -0.303. The normalized spacial score (nSPS) is 14.0. The van der Waals surface area contributed by atoms with Crippen LogP contribution in [0.3, 0.4) is 0 Å². The summed E-state index contributed by atoms with van der Waals surface area (Å²) < 4.78 is 29.8. The van der Waals surface area contributed by atoms with Gasteiger partial charge in [0.15, 0.2) is 9.99 Å². The van der Waals surface area contributed by atoms with Crippen LogP contribution in [0.2, 0.25) is 0 Å². The van der Waals surface area contributed by atoms with E-state index in [0.29, 0.717) is 29.4 Å². The lowest BCUT2D eigenvalue weighted by Gasteiger charge is -2.08. The van der Waals surface area contributed by atoms with Gasteiger partial charge in [-0.3, -0.25) is 14.0 Å². The van der Waals surface area contributed by atoms with Crippen molar-refractivity contribution in [1.29, 1.82) is 0 Å². The molecule has 0 saturated carbocycles. The molecule has 0 aromatic carbocycles. The summed E-state index contributed by atoms with van der Waals surface area (Å²) in [6.45, 7) is 2.24. The quantitative estimate of drug-likeness (QED) is 0.701. The van der Waals surface area contributed by atoms with E-state index in [0.717, 1.165) is 12.6 Å². The number of imidazole rings is 1. The number of aryl methyl sites for hydroxylation is 2. The second kappa shape index (κ2) is 5.49. The zero-order chi connectivity index (χ0) is 17.8. The Hall–Kier alpha value is -2.53. The van der Waals surface area contributed by atoms with Crippen molar-refractivity contribution < 1.29 is 13.2 Å². The first-order valence-corrected chi connectivity index (χ1v) is 9.82. The number of amides is 1. The van der Waals surface area contributed by atoms with Crippen LogP contribution < -0.4 is 10.3 Å². The van der Waals surface area contributed by atoms with Gasteiger partial charge in [0.2, 0.25) is 0 Å². The van der Waals surface area contributed by atoms with Crippen LogP contribution in [0.25, 0.3) is 4.96 Å². The molecule has 3 aromatic heterocycles. The van der Waals surface area contributed by atoms with E-state index in [-0.39, 0.29) is 10.6 Å². The molecule has 25 heavy (non-hydrogen) atoms. The van der Waals surface area contributed by atoms with E-state index in [1.807, 2.05) is 4.72 Å². The molecule has 4 rings (SSSR count). The topological polar surface area (TPSA) is 115 Å². The molecule has 1 amide bonds. The van der Waals surface area contributed by atoms with E-state index in [9.17, 15) is 18.0 Å². The highest BCUT2D eigenvalue weighted by molar-refractivity contribution is 7.90. The van der Waals surface area contributed by atoms with Crippen LogP contribution in [-0.4, -0.2) is 33.3 Å². The van der Waals surface area contributed by atoms with E-state index >= 15 is 0 Å². The lowest BCUT2D eigenvalue weighted by Crippen LogP contribution is -2.36. The SMILES string of the molecule is Cc1csc2ncc(C(=O)NS(=O)(=O)c3cnc4n3CCC4)c(=O)n12. The van der Waals surface area contributed by atoms with Crippen molar-refractivity contribution in [3.63, 3.8) is 0 Å². The molecule has 0 saturated heterocycles. The molecule has 0 spiro atoms. The van der Waals surface area contributed by atoms with Crippen LogP contribution in [0.4, 0.5) is 0 Å². The van der Waals surface area contributed by atoms with Crippen LogP contribution in [0.15, 0.2) is 27.6 Å². The highest BCUT2D eigenvalue weighted by atomic mass is 32.2. The van der Waals surface area contributed by atoms with E-state index in [1.165, 1.54) is 21.9 Å². The maximum absolute atomic E-state index is 12.5. The Balaban J connectivity index is 1.71. The lowest BCUT2D eigenvalue weighted by molar-refractivity contribution is 0.0979. The molecule has 4 heterocycles. The van der Waals surface area contributed by atoms with E-state index in [4.69, 9.17) is 0 Å². The van der Waals surface area contributed by atoms with Gasteiger partial charge in [-0.05, 0) is 13.3 Å². The Morgan fingerprint density at radius 3 is 2.92 bits per heavy atom. The highest BCUT2D eigenvalue weighted by Crippen LogP contribution is 2.20. The predicted octanol–water partition coefficient (Wildman–Crippen LogP) is 0.326. The molecule has 0 bridgehead atoms. The maximum Gasteiger partial charge on any atom is 0.281 e. The third kappa shape index (κ3) is 2.46. The molecule has 1 aliphatic heterocycles. The van der Waals surface area contributed by atoms with Gasteiger partial charge in [0.25, 0.3) is 21.5 Å². The first-order chi connectivity index (χ1) is 11.9. The van der Waals surface area contributed by atoms with Crippen LogP contribution in [0, 0.1) is 6.92 Å². The molecule has 1 N–H and O–H groups in total. The van der Waals surface area contributed by atoms with Crippen molar-refractivity contribution in [3.05, 3.63) is 45.2 Å². The Morgan fingerprint density at radius 1 is 1.32 bits per heavy atom. The zero-order valence-electron chi connectivity index (χ0n) is 13.1. The monoisotopic (exact) mass is 379 g/mol. The molecule has 0 fully saturated rings. The molecule has 9 nitrogen and oxygen atoms in total. The summed E-state index contributed by atoms with van der Waals surface area (Å²) in [6, 6.07) is 0. The number of carbonyl (C=O) groups is 1. The first kappa shape index (κ1) is 16.0. The Bertz CT molecular complexity index is 1170. The number of rotatable bonds is 3. The van der Waals surface area contributed by atoms with E-state index in [1.54, 1.807) is 16.9 Å². The number of fused-ring (bicyclic) bond motifs is 2. The van der Waals surface area contributed by atoms with Gasteiger partial charge >= 0.3 is 0 Å². The van der Waals surface area contributed by atoms with Crippen molar-refractivity contribution in [3.8, 4) is 0 Å². The molecule has 0 atom stereocenters. The molecule has 1 aliphatic rings. The Kier molecular flexibility index (Phi) is 3.51. The largest absolute Gasteiger partial charge is 0.318 e. The van der Waals surface area contributed by atoms with Gasteiger partial charge in [0.1, 0.15) is 11.4 Å². The standard InChI is InChI=1S/C14H13N5O4S2/c1-8-7-24-14-16-5-9(13(21)19(8)14)12(20)17-25(22,23)11-6-15-10-3-2-4-18(10)11/h5-7H,2-4H2,1H3,(H,17,20). The van der Waals surface area contributed by atoms with Gasteiger partial charge in [0.05, 0.1) is 6.20 Å². The summed E-state index contributed by atoms with van der Waals surface area (Å²) in [7, 11) is -4.13. The van der Waals surface area contributed by atoms with Crippen LogP contribution >= 0.6 is 11.3 Å². The van der Waals surface area contributed by atoms with Crippen molar-refractivity contribution in [2.45, 2.75) is 31.3 Å². The van der Waals surface area contributed by atoms with Crippen LogP contribution in [0.1, 0.15) is 28.3 Å². The average molecular weight is 379 g/mol. The van der Waals surface area contributed by atoms with Gasteiger partial charge in [-0.2, -0.15) is 8.42 Å². The number of nitrogens with zero attached hydrogens (tertiary/aromatic N) is 4. The Morgan fingerprint density at radius 2 is 2.12 bits per heavy atom. The minimum absolute atomic E-state index is 0.0748. The first-order valence-electron chi connectivity index (χ1n) is 7.46. The van der Waals surface area contributed by atoms with E-state index < -0.39 is 21.5 Å². The lowest BCUT2D eigenvalue weighted by atomic mass is 10.3. The number of aromatic nitrogens is 4. The molecule has 0 aliphatic carbocycles. The fraction of sp³-hybridized carbons (Fsp3) is 0.286. The van der Waals surface area contributed by atoms with Crippen LogP contribution in [0.5, 0.6) is 0 Å². The third-order valence-electron chi connectivity index (χ3n) is 4.05. The summed E-state index contributed by atoms with van der Waals surface area (Å²) in [4.78, 5) is 33.4. The number of sulfonamides is 1. The minimum Gasteiger partial charge on any atom is -0.318 e. The Labute approximate surface area is 146 Å². The summed E-state index contributed by atoms with van der Waals surface area (Å²) in [6.07, 6.45) is 3.82. The number of carbonyl (C=O) groups excluding carboxylic acids is 1. The zero-order valence-corrected chi connectivity index (χ0v) is 14.7. The molecular formula is C14H13N5O4S2. The van der Waals surface area contributed by atoms with Crippen molar-refractivity contribution >= 4 is 32.2 Å². The molecule has 0 unspecified atom stereocenters. The molecule has 11 heteroatoms. The summed E-state index contributed by atoms with van der Waals surface area (Å²) in [5, 5.41) is 1.66. The summed E-state index contributed by atoms with van der Waals surface area (Å²) in [5.74, 6) is -0.337. The van der Waals surface area contributed by atoms with Crippen LogP contribution in [-0.2, 0) is 23.0 Å². The highest BCUT2D eigenvalue weighted by Gasteiger charge is 2.28. The number of hydrogen-bond acceptors (Lipinski definition) is 7. The second-order valence-electron chi connectivity index (χ2n) is 5.67. The maximum atomic E-state index is 12.5. The summed E-state index contributed by atoms with van der Waals surface area (Å²) >= 11 is 1.26. The van der Waals surface area contributed by atoms with Gasteiger partial charge in [-0.25, -0.2) is 14.7 Å². The number of hydrogen-bond donors (Lipinski definition) is 1. The minimum atomic E-state index is -4.13. The molecular weight excluding hydrogens is 366 g/mol. The fourth-order valence-corrected chi connectivity index (χ4v) is 4.82.